The Balaban J connectivity index is -0.0000000200. The molecule has 3 nitrogen and oxygen atoms in total. The van der Waals surface area contributed by atoms with E-state index in [1.54, 1.807) is 5.04 Å². The fourth-order valence-corrected chi connectivity index (χ4v) is 0. The van der Waals surface area contributed by atoms with Crippen LogP contribution < -0.4 is 69.6 Å². The summed E-state index contributed by atoms with van der Waals surface area (Å²) in [4.78, 5) is 0. The van der Waals surface area contributed by atoms with Crippen LogP contribution in [0.25, 0.3) is 0 Å². The van der Waals surface area contributed by atoms with Crippen LogP contribution >= 0.6 is 0 Å². The van der Waals surface area contributed by atoms with Crippen LogP contribution in [0.4, 0.5) is 0 Å². The van der Waals surface area contributed by atoms with Crippen molar-refractivity contribution in [2.45, 2.75) is 0 Å². The van der Waals surface area contributed by atoms with Crippen LogP contribution in [0.3, 0.4) is 0 Å². The fraction of sp³-hybridized carbons (Fsp3) is 0. The molecule has 0 aliphatic heterocycles. The smallest absolute Gasteiger partial charge is 0.734 e. The molecule has 20 valence electrons. The average molecular weight is 94.0 g/mol. The van der Waals surface area contributed by atoms with Crippen molar-refractivity contribution in [3.05, 3.63) is 0 Å². The molecule has 0 aromatic rings. The first-order valence-electron chi connectivity index (χ1n) is 0.333. The largest absolute Gasteiger partial charge is 1.00 e. The van der Waals surface area contributed by atoms with Gasteiger partial charge in [-0.2, -0.15) is 0 Å². The molecular weight excluding hydrogens is 94.0 g/mol. The quantitative estimate of drug-likeness (QED) is 0.170. The van der Waals surface area contributed by atoms with E-state index in [9.17, 15) is 0 Å². The van der Waals surface area contributed by atoms with Crippen LogP contribution in [0.2, 0.25) is 0 Å². The van der Waals surface area contributed by atoms with Crippen LogP contribution in [0.15, 0.2) is 0 Å². The second-order valence-electron chi connectivity index (χ2n) is 0.0680. The molecular formula is Na2O3. The third kappa shape index (κ3) is 25.0. The van der Waals surface area contributed by atoms with E-state index < -0.39 is 0 Å². The van der Waals surface area contributed by atoms with E-state index in [1.807, 2.05) is 0 Å². The summed E-state index contributed by atoms with van der Waals surface area (Å²) in [5.74, 6) is 0. The fourth-order valence-electron chi connectivity index (χ4n) is 0. The van der Waals surface area contributed by atoms with Crippen molar-refractivity contribution in [2.75, 3.05) is 0 Å². The maximum absolute atomic E-state index is 7.88. The summed E-state index contributed by atoms with van der Waals surface area (Å²) >= 11 is 0. The third-order valence-electron chi connectivity index (χ3n) is 0. The SMILES string of the molecule is [Na+].[Na+].[O-]O[O-]. The monoisotopic (exact) mass is 94.0 g/mol. The first kappa shape index (κ1) is 15.8. The summed E-state index contributed by atoms with van der Waals surface area (Å²) < 4.78 is 0. The van der Waals surface area contributed by atoms with Crippen molar-refractivity contribution >= 4 is 0 Å². The van der Waals surface area contributed by atoms with Gasteiger partial charge in [0.15, 0.2) is 0 Å². The molecule has 0 aromatic heterocycles. The van der Waals surface area contributed by atoms with Crippen LogP contribution in [-0.4, -0.2) is 0 Å². The molecule has 0 radical (unpaired) electrons. The number of hydrogen-bond donors (Lipinski definition) is 0. The van der Waals surface area contributed by atoms with E-state index in [0.717, 1.165) is 0 Å². The second-order valence-corrected chi connectivity index (χ2v) is 0.0680. The second kappa shape index (κ2) is 16.9. The summed E-state index contributed by atoms with van der Waals surface area (Å²) in [6, 6.07) is 0. The van der Waals surface area contributed by atoms with Gasteiger partial charge >= 0.3 is 59.1 Å². The van der Waals surface area contributed by atoms with Crippen LogP contribution in [0.5, 0.6) is 0 Å². The summed E-state index contributed by atoms with van der Waals surface area (Å²) in [5.41, 5.74) is 0. The van der Waals surface area contributed by atoms with Gasteiger partial charge < -0.3 is 15.6 Å². The first-order valence-corrected chi connectivity index (χ1v) is 0.333. The summed E-state index contributed by atoms with van der Waals surface area (Å²) in [6.07, 6.45) is 0. The Labute approximate surface area is 73.8 Å². The van der Waals surface area contributed by atoms with Gasteiger partial charge in [-0.15, -0.1) is 0 Å². The van der Waals surface area contributed by atoms with E-state index >= 15 is 0 Å². The van der Waals surface area contributed by atoms with E-state index in [-0.39, 0.29) is 59.1 Å². The zero-order valence-electron chi connectivity index (χ0n) is 3.22. The van der Waals surface area contributed by atoms with E-state index in [4.69, 9.17) is 10.5 Å². The van der Waals surface area contributed by atoms with Gasteiger partial charge in [-0.05, 0) is 0 Å². The van der Waals surface area contributed by atoms with Gasteiger partial charge in [0.2, 0.25) is 0 Å². The van der Waals surface area contributed by atoms with Crippen molar-refractivity contribution < 1.29 is 74.7 Å². The van der Waals surface area contributed by atoms with Crippen LogP contribution in [-0.2, 0) is 5.04 Å². The van der Waals surface area contributed by atoms with Gasteiger partial charge in [-0.25, -0.2) is 0 Å². The zero-order valence-corrected chi connectivity index (χ0v) is 7.22. The molecule has 0 aliphatic carbocycles. The predicted octanol–water partition coefficient (Wildman–Crippen LogP) is -8.44. The van der Waals surface area contributed by atoms with Crippen LogP contribution in [0.1, 0.15) is 0 Å². The van der Waals surface area contributed by atoms with Crippen molar-refractivity contribution in [2.24, 2.45) is 0 Å². The molecule has 0 saturated carbocycles. The molecule has 0 N–H and O–H groups in total. The molecule has 0 aromatic carbocycles. The predicted molar refractivity (Wildman–Crippen MR) is 1.08 cm³/mol. The van der Waals surface area contributed by atoms with Crippen molar-refractivity contribution in [3.8, 4) is 0 Å². The number of rotatable bonds is 0. The minimum atomic E-state index is 0. The van der Waals surface area contributed by atoms with E-state index in [0.29, 0.717) is 0 Å². The number of hydrogen-bond acceptors (Lipinski definition) is 3. The summed E-state index contributed by atoms with van der Waals surface area (Å²) in [7, 11) is 0. The molecule has 0 heterocycles. The Morgan fingerprint density at radius 1 is 1.00 bits per heavy atom. The Hall–Kier alpha value is 1.88. The van der Waals surface area contributed by atoms with Gasteiger partial charge in [0.25, 0.3) is 0 Å². The molecule has 5 heteroatoms. The maximum Gasteiger partial charge on any atom is 1.00 e. The third-order valence-corrected chi connectivity index (χ3v) is 0. The average Bonchev–Trinajstić information content (AvgIpc) is 0.918. The Bertz CT molecular complexity index is 4.85. The van der Waals surface area contributed by atoms with Gasteiger partial charge in [0, 0.05) is 0 Å². The standard InChI is InChI=1S/2Na.H2O3/c;;1-3-2/h;;1-2H/q2*+1;/p-2. The van der Waals surface area contributed by atoms with Gasteiger partial charge in [0.05, 0.1) is 0 Å². The summed E-state index contributed by atoms with van der Waals surface area (Å²) in [6.45, 7) is 0. The van der Waals surface area contributed by atoms with Gasteiger partial charge in [-0.3, -0.25) is 0 Å². The molecule has 0 spiro atoms. The molecule has 0 bridgehead atoms. The van der Waals surface area contributed by atoms with Gasteiger partial charge in [-0.1, -0.05) is 0 Å². The summed E-state index contributed by atoms with van der Waals surface area (Å²) in [5, 5.41) is 17.5. The molecule has 0 amide bonds. The van der Waals surface area contributed by atoms with E-state index in [1.165, 1.54) is 0 Å². The molecule has 0 rings (SSSR count). The Morgan fingerprint density at radius 2 is 1.00 bits per heavy atom. The minimum absolute atomic E-state index is 0. The van der Waals surface area contributed by atoms with Gasteiger partial charge in [0.1, 0.15) is 0 Å². The Kier molecular flexibility index (Phi) is 53.4. The van der Waals surface area contributed by atoms with Crippen LogP contribution in [0, 0.1) is 0 Å². The van der Waals surface area contributed by atoms with Crippen molar-refractivity contribution in [1.29, 1.82) is 0 Å². The topological polar surface area (TPSA) is 55.3 Å². The molecule has 0 aliphatic rings. The molecule has 0 atom stereocenters. The minimum Gasteiger partial charge on any atom is -0.734 e. The van der Waals surface area contributed by atoms with Crippen molar-refractivity contribution in [3.63, 3.8) is 0 Å². The van der Waals surface area contributed by atoms with Crippen molar-refractivity contribution in [1.82, 2.24) is 0 Å². The molecule has 5 heavy (non-hydrogen) atoms. The molecule has 0 fully saturated rings. The molecule has 0 unspecified atom stereocenters. The zero-order chi connectivity index (χ0) is 2.71. The normalized spacial score (nSPS) is 3.60. The maximum atomic E-state index is 7.88. The van der Waals surface area contributed by atoms with E-state index in [2.05, 4.69) is 0 Å². The molecule has 0 saturated heterocycles. The first-order chi connectivity index (χ1) is 1.41. The Morgan fingerprint density at radius 3 is 1.00 bits per heavy atom.